The van der Waals surface area contributed by atoms with Crippen LogP contribution >= 0.6 is 0 Å². The number of nitrogens with zero attached hydrogens (tertiary/aromatic N) is 6. The van der Waals surface area contributed by atoms with E-state index in [4.69, 9.17) is 4.74 Å². The fourth-order valence-corrected chi connectivity index (χ4v) is 3.38. The molecule has 0 bridgehead atoms. The Hall–Kier alpha value is -2.45. The lowest BCUT2D eigenvalue weighted by molar-refractivity contribution is 0.122. The number of hydrogen-bond donors (Lipinski definition) is 1. The summed E-state index contributed by atoms with van der Waals surface area (Å²) in [4.78, 5) is 2.35. The Morgan fingerprint density at radius 2 is 2.00 bits per heavy atom. The highest BCUT2D eigenvalue weighted by Gasteiger charge is 2.21. The molecule has 1 saturated heterocycles. The first-order chi connectivity index (χ1) is 12.2. The second-order valence-corrected chi connectivity index (χ2v) is 6.26. The minimum Gasteiger partial charge on any atom is -0.378 e. The van der Waals surface area contributed by atoms with Gasteiger partial charge in [-0.15, -0.1) is 10.2 Å². The largest absolute Gasteiger partial charge is 0.378 e. The van der Waals surface area contributed by atoms with E-state index in [0.717, 1.165) is 50.0 Å². The Labute approximate surface area is 146 Å². The second-order valence-electron chi connectivity index (χ2n) is 6.26. The zero-order chi connectivity index (χ0) is 17.2. The Balaban J connectivity index is 1.49. The van der Waals surface area contributed by atoms with Crippen LogP contribution in [0.5, 0.6) is 0 Å². The van der Waals surface area contributed by atoms with Crippen molar-refractivity contribution < 1.29 is 4.74 Å². The maximum Gasteiger partial charge on any atom is 0.160 e. The summed E-state index contributed by atoms with van der Waals surface area (Å²) in [6.07, 6.45) is 1.99. The number of anilines is 1. The number of ether oxygens (including phenoxy) is 1. The Kier molecular flexibility index (Phi) is 4.37. The van der Waals surface area contributed by atoms with Gasteiger partial charge in [0.1, 0.15) is 5.82 Å². The van der Waals surface area contributed by atoms with Gasteiger partial charge in [0.2, 0.25) is 0 Å². The van der Waals surface area contributed by atoms with Crippen molar-refractivity contribution in [2.45, 2.75) is 20.0 Å². The molecule has 0 aliphatic carbocycles. The van der Waals surface area contributed by atoms with Crippen LogP contribution in [0.25, 0.3) is 5.65 Å². The number of fused-ring (bicyclic) bond motifs is 1. The van der Waals surface area contributed by atoms with Gasteiger partial charge in [-0.25, -0.2) is 0 Å². The first-order valence-corrected chi connectivity index (χ1v) is 8.58. The summed E-state index contributed by atoms with van der Waals surface area (Å²) < 4.78 is 9.46. The molecule has 8 heteroatoms. The van der Waals surface area contributed by atoms with Gasteiger partial charge in [0.25, 0.3) is 0 Å². The highest BCUT2D eigenvalue weighted by Crippen LogP contribution is 2.24. The molecule has 4 heterocycles. The van der Waals surface area contributed by atoms with E-state index >= 15 is 0 Å². The predicted molar refractivity (Wildman–Crippen MR) is 94.5 cm³/mol. The van der Waals surface area contributed by atoms with Crippen molar-refractivity contribution in [2.75, 3.05) is 31.2 Å². The van der Waals surface area contributed by atoms with E-state index in [2.05, 4.69) is 32.4 Å². The molecule has 4 rings (SSSR count). The number of nitrogens with one attached hydrogen (secondary N) is 1. The minimum absolute atomic E-state index is 0.655. The van der Waals surface area contributed by atoms with Crippen molar-refractivity contribution >= 4 is 11.5 Å². The molecule has 0 spiro atoms. The molecule has 3 aromatic rings. The number of morpholine rings is 1. The van der Waals surface area contributed by atoms with Gasteiger partial charge in [-0.1, -0.05) is 6.07 Å². The molecule has 0 radical (unpaired) electrons. The van der Waals surface area contributed by atoms with Crippen LogP contribution in [0.1, 0.15) is 17.1 Å². The normalized spacial score (nSPS) is 15.2. The van der Waals surface area contributed by atoms with Gasteiger partial charge in [0.15, 0.2) is 11.5 Å². The van der Waals surface area contributed by atoms with Gasteiger partial charge < -0.3 is 15.0 Å². The summed E-state index contributed by atoms with van der Waals surface area (Å²) in [5, 5.41) is 16.6. The van der Waals surface area contributed by atoms with Crippen LogP contribution < -0.4 is 10.2 Å². The van der Waals surface area contributed by atoms with E-state index < -0.39 is 0 Å². The molecule has 1 N–H and O–H groups in total. The van der Waals surface area contributed by atoms with Gasteiger partial charge in [0, 0.05) is 38.4 Å². The Bertz CT molecular complexity index is 863. The molecule has 1 aliphatic heterocycles. The average molecular weight is 341 g/mol. The summed E-state index contributed by atoms with van der Waals surface area (Å²) >= 11 is 0. The quantitative estimate of drug-likeness (QED) is 0.743. The highest BCUT2D eigenvalue weighted by atomic mass is 16.5. The van der Waals surface area contributed by atoms with Gasteiger partial charge >= 0.3 is 0 Å². The van der Waals surface area contributed by atoms with Gasteiger partial charge in [-0.2, -0.15) is 5.10 Å². The number of aryl methyl sites for hydroxylation is 2. The molecular formula is C17H23N7O. The van der Waals surface area contributed by atoms with Gasteiger partial charge in [-0.05, 0) is 19.1 Å². The lowest BCUT2D eigenvalue weighted by Gasteiger charge is -2.29. The van der Waals surface area contributed by atoms with Crippen LogP contribution in [0, 0.1) is 6.92 Å². The third-order valence-electron chi connectivity index (χ3n) is 4.59. The fourth-order valence-electron chi connectivity index (χ4n) is 3.38. The molecule has 0 amide bonds. The maximum absolute atomic E-state index is 5.47. The molecule has 132 valence electrons. The zero-order valence-electron chi connectivity index (χ0n) is 14.6. The standard InChI is InChI=1S/C17H23N7O/c1-13-14(17(22(2)21-13)23-7-9-25-10-8-23)11-18-12-16-20-19-15-5-3-4-6-24(15)16/h3-6,18H,7-12H2,1-2H3. The van der Waals surface area contributed by atoms with Crippen LogP contribution in [-0.2, 0) is 24.9 Å². The molecule has 25 heavy (non-hydrogen) atoms. The van der Waals surface area contributed by atoms with Crippen molar-refractivity contribution in [3.63, 3.8) is 0 Å². The maximum atomic E-state index is 5.47. The number of pyridine rings is 1. The Morgan fingerprint density at radius 1 is 1.16 bits per heavy atom. The van der Waals surface area contributed by atoms with Crippen molar-refractivity contribution in [2.24, 2.45) is 7.05 Å². The summed E-state index contributed by atoms with van der Waals surface area (Å²) in [7, 11) is 2.01. The van der Waals surface area contributed by atoms with Crippen molar-refractivity contribution in [3.05, 3.63) is 41.5 Å². The first kappa shape index (κ1) is 16.0. The molecule has 0 unspecified atom stereocenters. The third kappa shape index (κ3) is 3.10. The summed E-state index contributed by atoms with van der Waals surface area (Å²) in [5.74, 6) is 2.09. The Morgan fingerprint density at radius 3 is 2.84 bits per heavy atom. The van der Waals surface area contributed by atoms with Crippen molar-refractivity contribution in [1.29, 1.82) is 0 Å². The highest BCUT2D eigenvalue weighted by molar-refractivity contribution is 5.50. The lowest BCUT2D eigenvalue weighted by atomic mass is 10.2. The first-order valence-electron chi connectivity index (χ1n) is 8.58. The van der Waals surface area contributed by atoms with E-state index in [1.54, 1.807) is 0 Å². The summed E-state index contributed by atoms with van der Waals surface area (Å²) in [5.41, 5.74) is 3.16. The number of rotatable bonds is 5. The molecule has 0 atom stereocenters. The average Bonchev–Trinajstić information content (AvgIpc) is 3.17. The van der Waals surface area contributed by atoms with Crippen molar-refractivity contribution in [3.8, 4) is 0 Å². The van der Waals surface area contributed by atoms with E-state index in [9.17, 15) is 0 Å². The molecule has 8 nitrogen and oxygen atoms in total. The second kappa shape index (κ2) is 6.81. The monoisotopic (exact) mass is 341 g/mol. The molecule has 3 aromatic heterocycles. The molecule has 1 aliphatic rings. The SMILES string of the molecule is Cc1nn(C)c(N2CCOCC2)c1CNCc1nnc2ccccn12. The van der Waals surface area contributed by atoms with Gasteiger partial charge in [-0.3, -0.25) is 9.08 Å². The van der Waals surface area contributed by atoms with Crippen LogP contribution in [0.15, 0.2) is 24.4 Å². The zero-order valence-corrected chi connectivity index (χ0v) is 14.6. The minimum atomic E-state index is 0.655. The number of hydrogen-bond acceptors (Lipinski definition) is 6. The molecule has 1 fully saturated rings. The van der Waals surface area contributed by atoms with Crippen LogP contribution in [0.3, 0.4) is 0 Å². The van der Waals surface area contributed by atoms with E-state index in [1.807, 2.05) is 40.5 Å². The van der Waals surface area contributed by atoms with E-state index in [1.165, 1.54) is 11.4 Å². The predicted octanol–water partition coefficient (Wildman–Crippen LogP) is 0.898. The van der Waals surface area contributed by atoms with Crippen molar-refractivity contribution in [1.82, 2.24) is 29.7 Å². The fraction of sp³-hybridized carbons (Fsp3) is 0.471. The molecule has 0 aromatic carbocycles. The topological polar surface area (TPSA) is 72.5 Å². The summed E-state index contributed by atoms with van der Waals surface area (Å²) in [6.45, 7) is 6.80. The third-order valence-corrected chi connectivity index (χ3v) is 4.59. The van der Waals surface area contributed by atoms with Crippen LogP contribution in [-0.4, -0.2) is 50.7 Å². The van der Waals surface area contributed by atoms with Crippen LogP contribution in [0.2, 0.25) is 0 Å². The smallest absolute Gasteiger partial charge is 0.160 e. The molecule has 0 saturated carbocycles. The molecular weight excluding hydrogens is 318 g/mol. The lowest BCUT2D eigenvalue weighted by Crippen LogP contribution is -2.38. The van der Waals surface area contributed by atoms with Crippen LogP contribution in [0.4, 0.5) is 5.82 Å². The number of aromatic nitrogens is 5. The summed E-state index contributed by atoms with van der Waals surface area (Å²) in [6, 6.07) is 5.91. The van der Waals surface area contributed by atoms with Gasteiger partial charge in [0.05, 0.1) is 25.5 Å². The van der Waals surface area contributed by atoms with E-state index in [0.29, 0.717) is 6.54 Å². The van der Waals surface area contributed by atoms with E-state index in [-0.39, 0.29) is 0 Å².